The molecule has 0 fully saturated rings. The summed E-state index contributed by atoms with van der Waals surface area (Å²) in [4.78, 5) is 13.3. The Hall–Kier alpha value is -1.77. The zero-order chi connectivity index (χ0) is 9.97. The molecule has 0 atom stereocenters. The average Bonchev–Trinajstić information content (AvgIpc) is 2.51. The maximum absolute atomic E-state index is 11.6. The molecule has 3 heteroatoms. The van der Waals surface area contributed by atoms with E-state index >= 15 is 0 Å². The first-order chi connectivity index (χ1) is 6.83. The van der Waals surface area contributed by atoms with Crippen molar-refractivity contribution in [1.82, 2.24) is 0 Å². The van der Waals surface area contributed by atoms with Crippen molar-refractivity contribution in [3.05, 3.63) is 42.1 Å². The van der Waals surface area contributed by atoms with Crippen LogP contribution in [0.5, 0.6) is 0 Å². The highest BCUT2D eigenvalue weighted by atomic mass is 16.2. The minimum Gasteiger partial charge on any atom is -0.405 e. The van der Waals surface area contributed by atoms with Crippen molar-refractivity contribution in [2.45, 2.75) is 6.42 Å². The van der Waals surface area contributed by atoms with Crippen LogP contribution in [0.3, 0.4) is 0 Å². The van der Waals surface area contributed by atoms with Crippen LogP contribution in [-0.4, -0.2) is 12.5 Å². The number of benzene rings is 1. The molecule has 1 aliphatic heterocycles. The lowest BCUT2D eigenvalue weighted by molar-refractivity contribution is -0.117. The van der Waals surface area contributed by atoms with E-state index in [0.29, 0.717) is 13.0 Å². The zero-order valence-electron chi connectivity index (χ0n) is 7.81. The van der Waals surface area contributed by atoms with Gasteiger partial charge in [-0.1, -0.05) is 18.2 Å². The molecule has 0 saturated carbocycles. The number of carbonyl (C=O) groups is 1. The van der Waals surface area contributed by atoms with E-state index < -0.39 is 0 Å². The lowest BCUT2D eigenvalue weighted by Gasteiger charge is -2.14. The third-order valence-electron chi connectivity index (χ3n) is 2.35. The van der Waals surface area contributed by atoms with Crippen LogP contribution in [0.1, 0.15) is 5.56 Å². The molecule has 1 aliphatic rings. The van der Waals surface area contributed by atoms with E-state index in [-0.39, 0.29) is 5.91 Å². The van der Waals surface area contributed by atoms with Gasteiger partial charge < -0.3 is 10.6 Å². The smallest absolute Gasteiger partial charge is 0.231 e. The van der Waals surface area contributed by atoms with Crippen molar-refractivity contribution >= 4 is 11.6 Å². The molecule has 1 aromatic rings. The summed E-state index contributed by atoms with van der Waals surface area (Å²) in [6.07, 6.45) is 3.75. The summed E-state index contributed by atoms with van der Waals surface area (Å²) in [5, 5.41) is 0. The van der Waals surface area contributed by atoms with Crippen molar-refractivity contribution in [2.24, 2.45) is 5.73 Å². The fourth-order valence-electron chi connectivity index (χ4n) is 1.68. The van der Waals surface area contributed by atoms with E-state index in [0.717, 1.165) is 11.3 Å². The van der Waals surface area contributed by atoms with Gasteiger partial charge in [0.1, 0.15) is 0 Å². The average molecular weight is 188 g/mol. The summed E-state index contributed by atoms with van der Waals surface area (Å²) < 4.78 is 0. The third-order valence-corrected chi connectivity index (χ3v) is 2.35. The minimum absolute atomic E-state index is 0.143. The van der Waals surface area contributed by atoms with Gasteiger partial charge in [-0.05, 0) is 23.9 Å². The standard InChI is InChI=1S/C11H12N2O/c12-6-3-7-13-10-5-2-1-4-9(10)8-11(13)14/h1-6H,7-8,12H2/b6-3+. The monoisotopic (exact) mass is 188 g/mol. The first-order valence-electron chi connectivity index (χ1n) is 4.58. The SMILES string of the molecule is N/C=C/CN1C(=O)Cc2ccccc21. The van der Waals surface area contributed by atoms with Gasteiger partial charge in [0.25, 0.3) is 0 Å². The molecule has 0 bridgehead atoms. The highest BCUT2D eigenvalue weighted by Gasteiger charge is 2.25. The summed E-state index contributed by atoms with van der Waals surface area (Å²) >= 11 is 0. The first-order valence-corrected chi connectivity index (χ1v) is 4.58. The molecular weight excluding hydrogens is 176 g/mol. The molecule has 1 aromatic carbocycles. The number of carbonyl (C=O) groups excluding carboxylic acids is 1. The van der Waals surface area contributed by atoms with Crippen LogP contribution in [0.15, 0.2) is 36.5 Å². The maximum atomic E-state index is 11.6. The van der Waals surface area contributed by atoms with E-state index in [1.165, 1.54) is 6.20 Å². The molecule has 0 spiro atoms. The molecule has 14 heavy (non-hydrogen) atoms. The molecule has 0 saturated heterocycles. The Balaban J connectivity index is 2.30. The zero-order valence-corrected chi connectivity index (χ0v) is 7.81. The molecule has 72 valence electrons. The lowest BCUT2D eigenvalue weighted by atomic mass is 10.2. The van der Waals surface area contributed by atoms with E-state index in [1.54, 1.807) is 11.0 Å². The molecule has 0 aromatic heterocycles. The minimum atomic E-state index is 0.143. The summed E-state index contributed by atoms with van der Waals surface area (Å²) in [5.74, 6) is 0.143. The number of fused-ring (bicyclic) bond motifs is 1. The highest BCUT2D eigenvalue weighted by molar-refractivity contribution is 6.01. The van der Waals surface area contributed by atoms with Crippen LogP contribution >= 0.6 is 0 Å². The van der Waals surface area contributed by atoms with Gasteiger partial charge in [0, 0.05) is 12.2 Å². The number of rotatable bonds is 2. The summed E-state index contributed by atoms with van der Waals surface area (Å²) in [5.41, 5.74) is 7.36. The van der Waals surface area contributed by atoms with Crippen molar-refractivity contribution in [1.29, 1.82) is 0 Å². The summed E-state index contributed by atoms with van der Waals surface area (Å²) in [6.45, 7) is 0.562. The quantitative estimate of drug-likeness (QED) is 0.754. The summed E-state index contributed by atoms with van der Waals surface area (Å²) in [7, 11) is 0. The normalized spacial score (nSPS) is 15.1. The second-order valence-corrected chi connectivity index (χ2v) is 3.24. The third kappa shape index (κ3) is 1.37. The van der Waals surface area contributed by atoms with Gasteiger partial charge >= 0.3 is 0 Å². The Kier molecular flexibility index (Phi) is 2.23. The second kappa shape index (κ2) is 3.54. The summed E-state index contributed by atoms with van der Waals surface area (Å²) in [6, 6.07) is 7.84. The van der Waals surface area contributed by atoms with E-state index in [2.05, 4.69) is 0 Å². The number of nitrogens with zero attached hydrogens (tertiary/aromatic N) is 1. The Morgan fingerprint density at radius 3 is 3.00 bits per heavy atom. The highest BCUT2D eigenvalue weighted by Crippen LogP contribution is 2.27. The fourth-order valence-corrected chi connectivity index (χ4v) is 1.68. The molecule has 2 rings (SSSR count). The Bertz CT molecular complexity index is 385. The van der Waals surface area contributed by atoms with Crippen molar-refractivity contribution in [3.63, 3.8) is 0 Å². The van der Waals surface area contributed by atoms with Crippen molar-refractivity contribution < 1.29 is 4.79 Å². The number of para-hydroxylation sites is 1. The van der Waals surface area contributed by atoms with Gasteiger partial charge in [-0.2, -0.15) is 0 Å². The fraction of sp³-hybridized carbons (Fsp3) is 0.182. The molecule has 0 aliphatic carbocycles. The lowest BCUT2D eigenvalue weighted by Crippen LogP contribution is -2.26. The predicted octanol–water partition coefficient (Wildman–Crippen LogP) is 1.05. The van der Waals surface area contributed by atoms with E-state index in [9.17, 15) is 4.79 Å². The van der Waals surface area contributed by atoms with Crippen LogP contribution in [0.2, 0.25) is 0 Å². The molecule has 0 radical (unpaired) electrons. The van der Waals surface area contributed by atoms with E-state index in [4.69, 9.17) is 5.73 Å². The van der Waals surface area contributed by atoms with Gasteiger partial charge in [-0.3, -0.25) is 4.79 Å². The van der Waals surface area contributed by atoms with Gasteiger partial charge in [0.05, 0.1) is 6.42 Å². The Morgan fingerprint density at radius 2 is 2.21 bits per heavy atom. The Morgan fingerprint density at radius 1 is 1.43 bits per heavy atom. The van der Waals surface area contributed by atoms with Crippen LogP contribution in [0, 0.1) is 0 Å². The first kappa shape index (κ1) is 8.81. The Labute approximate surface area is 82.8 Å². The van der Waals surface area contributed by atoms with Gasteiger partial charge in [-0.25, -0.2) is 0 Å². The predicted molar refractivity (Wildman–Crippen MR) is 55.8 cm³/mol. The number of hydrogen-bond acceptors (Lipinski definition) is 2. The number of amides is 1. The van der Waals surface area contributed by atoms with Crippen LogP contribution < -0.4 is 10.6 Å². The second-order valence-electron chi connectivity index (χ2n) is 3.24. The van der Waals surface area contributed by atoms with Gasteiger partial charge in [0.15, 0.2) is 0 Å². The molecule has 3 nitrogen and oxygen atoms in total. The molecular formula is C11H12N2O. The largest absolute Gasteiger partial charge is 0.405 e. The van der Waals surface area contributed by atoms with Crippen LogP contribution in [0.4, 0.5) is 5.69 Å². The van der Waals surface area contributed by atoms with Crippen LogP contribution in [-0.2, 0) is 11.2 Å². The molecule has 0 unspecified atom stereocenters. The van der Waals surface area contributed by atoms with Crippen LogP contribution in [0.25, 0.3) is 0 Å². The maximum Gasteiger partial charge on any atom is 0.231 e. The number of nitrogens with two attached hydrogens (primary N) is 1. The molecule has 1 heterocycles. The van der Waals surface area contributed by atoms with Crippen molar-refractivity contribution in [2.75, 3.05) is 11.4 Å². The number of anilines is 1. The topological polar surface area (TPSA) is 46.3 Å². The van der Waals surface area contributed by atoms with Gasteiger partial charge in [0.2, 0.25) is 5.91 Å². The van der Waals surface area contributed by atoms with E-state index in [1.807, 2.05) is 24.3 Å². The van der Waals surface area contributed by atoms with Crippen molar-refractivity contribution in [3.8, 4) is 0 Å². The molecule has 2 N–H and O–H groups in total. The van der Waals surface area contributed by atoms with Gasteiger partial charge in [-0.15, -0.1) is 0 Å². The number of hydrogen-bond donors (Lipinski definition) is 1. The molecule has 1 amide bonds.